The zero-order chi connectivity index (χ0) is 19.0. The molecular weight excluding hydrogens is 336 g/mol. The van der Waals surface area contributed by atoms with Crippen molar-refractivity contribution < 1.29 is 28.5 Å². The maximum Gasteiger partial charge on any atom is 0.158 e. The lowest BCUT2D eigenvalue weighted by Gasteiger charge is -2.30. The predicted octanol–water partition coefficient (Wildman–Crippen LogP) is 2.44. The summed E-state index contributed by atoms with van der Waals surface area (Å²) in [5.41, 5.74) is -0.557. The van der Waals surface area contributed by atoms with E-state index in [0.29, 0.717) is 18.8 Å². The first-order valence-corrected chi connectivity index (χ1v) is 8.96. The average Bonchev–Trinajstić information content (AvgIpc) is 3.10. The van der Waals surface area contributed by atoms with Gasteiger partial charge in [-0.05, 0) is 36.8 Å². The van der Waals surface area contributed by atoms with E-state index in [1.807, 2.05) is 6.07 Å². The van der Waals surface area contributed by atoms with Crippen molar-refractivity contribution in [1.82, 2.24) is 0 Å². The Balaban J connectivity index is 1.89. The predicted molar refractivity (Wildman–Crippen MR) is 92.7 cm³/mol. The zero-order valence-corrected chi connectivity index (χ0v) is 15.7. The van der Waals surface area contributed by atoms with Crippen LogP contribution in [0.2, 0.25) is 0 Å². The summed E-state index contributed by atoms with van der Waals surface area (Å²) in [7, 11) is 0. The number of carboxylic acids is 1. The molecule has 2 rings (SSSR count). The van der Waals surface area contributed by atoms with E-state index < -0.39 is 17.5 Å². The normalized spacial score (nSPS) is 20.0. The lowest BCUT2D eigenvalue weighted by molar-refractivity contribution is -0.320. The molecule has 0 aromatic carbocycles. The fraction of sp³-hybridized carbons (Fsp3) is 0.650. The molecule has 1 aromatic heterocycles. The van der Waals surface area contributed by atoms with E-state index in [-0.39, 0.29) is 19.0 Å². The minimum absolute atomic E-state index is 0.0146. The number of ether oxygens (including phenoxy) is 3. The number of carbonyl (C=O) groups excluding carboxylic acids is 1. The van der Waals surface area contributed by atoms with E-state index >= 15 is 0 Å². The molecule has 1 aliphatic rings. The highest BCUT2D eigenvalue weighted by atomic mass is 16.7. The van der Waals surface area contributed by atoms with Crippen molar-refractivity contribution in [2.24, 2.45) is 5.41 Å². The Bertz CT molecular complexity index is 598. The molecule has 3 unspecified atom stereocenters. The van der Waals surface area contributed by atoms with E-state index in [1.165, 1.54) is 0 Å². The Morgan fingerprint density at radius 3 is 2.77 bits per heavy atom. The van der Waals surface area contributed by atoms with Gasteiger partial charge < -0.3 is 28.5 Å². The van der Waals surface area contributed by atoms with E-state index in [1.54, 1.807) is 33.1 Å². The third kappa shape index (κ3) is 6.49. The van der Waals surface area contributed by atoms with Gasteiger partial charge in [0.1, 0.15) is 24.6 Å². The highest BCUT2D eigenvalue weighted by molar-refractivity contribution is 5.71. The molecule has 26 heavy (non-hydrogen) atoms. The van der Waals surface area contributed by atoms with E-state index in [2.05, 4.69) is 11.8 Å². The number of carboxylic acid groups (broad SMARTS) is 1. The van der Waals surface area contributed by atoms with Gasteiger partial charge in [0.15, 0.2) is 6.29 Å². The molecule has 0 saturated carbocycles. The summed E-state index contributed by atoms with van der Waals surface area (Å²) in [6, 6.07) is 3.65. The van der Waals surface area contributed by atoms with Gasteiger partial charge in [0.25, 0.3) is 0 Å². The number of hydrogen-bond acceptors (Lipinski definition) is 6. The fourth-order valence-corrected chi connectivity index (χ4v) is 2.70. The van der Waals surface area contributed by atoms with Crippen LogP contribution in [0.5, 0.6) is 0 Å². The third-order valence-electron chi connectivity index (χ3n) is 4.05. The Labute approximate surface area is 154 Å². The van der Waals surface area contributed by atoms with Crippen molar-refractivity contribution in [3.8, 4) is 11.8 Å². The second-order valence-electron chi connectivity index (χ2n) is 7.37. The molecule has 0 N–H and O–H groups in total. The molecule has 0 aliphatic carbocycles. The van der Waals surface area contributed by atoms with Crippen molar-refractivity contribution in [1.29, 1.82) is 0 Å². The molecule has 0 radical (unpaired) electrons. The summed E-state index contributed by atoms with van der Waals surface area (Å²) < 4.78 is 22.4. The van der Waals surface area contributed by atoms with Crippen molar-refractivity contribution >= 4 is 5.97 Å². The second kappa shape index (κ2) is 9.77. The lowest BCUT2D eigenvalue weighted by atomic mass is 9.89. The van der Waals surface area contributed by atoms with Crippen LogP contribution in [0.15, 0.2) is 22.8 Å². The number of rotatable bonds is 7. The quantitative estimate of drug-likeness (QED) is 0.692. The summed E-state index contributed by atoms with van der Waals surface area (Å²) >= 11 is 0. The smallest absolute Gasteiger partial charge is 0.158 e. The highest BCUT2D eigenvalue weighted by Gasteiger charge is 2.26. The van der Waals surface area contributed by atoms with E-state index in [9.17, 15) is 9.90 Å². The highest BCUT2D eigenvalue weighted by Crippen LogP contribution is 2.26. The van der Waals surface area contributed by atoms with Gasteiger partial charge in [0, 0.05) is 13.0 Å². The maximum atomic E-state index is 11.2. The van der Waals surface area contributed by atoms with Gasteiger partial charge in [-0.15, -0.1) is 0 Å². The molecule has 1 aromatic rings. The number of hydrogen-bond donors (Lipinski definition) is 0. The summed E-state index contributed by atoms with van der Waals surface area (Å²) in [5.74, 6) is 5.29. The molecule has 0 bridgehead atoms. The minimum Gasteiger partial charge on any atom is -0.547 e. The molecule has 0 spiro atoms. The third-order valence-corrected chi connectivity index (χ3v) is 4.05. The van der Waals surface area contributed by atoms with Crippen LogP contribution < -0.4 is 5.11 Å². The molecule has 1 aliphatic heterocycles. The molecule has 1 saturated heterocycles. The molecule has 0 amide bonds. The minimum atomic E-state index is -1.23. The van der Waals surface area contributed by atoms with Crippen molar-refractivity contribution in [2.45, 2.75) is 65.0 Å². The van der Waals surface area contributed by atoms with Crippen molar-refractivity contribution in [3.05, 3.63) is 24.2 Å². The van der Waals surface area contributed by atoms with Crippen LogP contribution in [0.3, 0.4) is 0 Å². The molecule has 144 valence electrons. The lowest BCUT2D eigenvalue weighted by Crippen LogP contribution is -2.45. The zero-order valence-electron chi connectivity index (χ0n) is 15.7. The van der Waals surface area contributed by atoms with Gasteiger partial charge >= 0.3 is 0 Å². The SMILES string of the molecule is CC(C)(C)C(OCC#CCC(OC1CCCCO1)c1ccco1)C(=O)[O-]. The summed E-state index contributed by atoms with van der Waals surface area (Å²) in [6.07, 6.45) is 3.39. The molecular formula is C20H27O6-. The molecule has 6 heteroatoms. The largest absolute Gasteiger partial charge is 0.547 e. The molecule has 2 heterocycles. The van der Waals surface area contributed by atoms with Gasteiger partial charge in [0.2, 0.25) is 0 Å². The van der Waals surface area contributed by atoms with E-state index in [4.69, 9.17) is 18.6 Å². The second-order valence-corrected chi connectivity index (χ2v) is 7.37. The summed E-state index contributed by atoms with van der Waals surface area (Å²) in [6.45, 7) is 6.07. The van der Waals surface area contributed by atoms with Crippen LogP contribution >= 0.6 is 0 Å². The van der Waals surface area contributed by atoms with Gasteiger partial charge in [-0.1, -0.05) is 32.6 Å². The van der Waals surface area contributed by atoms with E-state index in [0.717, 1.165) is 19.3 Å². The van der Waals surface area contributed by atoms with Gasteiger partial charge in [-0.25, -0.2) is 0 Å². The average molecular weight is 363 g/mol. The number of furan rings is 1. The fourth-order valence-electron chi connectivity index (χ4n) is 2.70. The first-order chi connectivity index (χ1) is 12.4. The van der Waals surface area contributed by atoms with Gasteiger partial charge in [0.05, 0.1) is 12.2 Å². The Morgan fingerprint density at radius 2 is 2.19 bits per heavy atom. The number of aliphatic carboxylic acids is 1. The molecule has 1 fully saturated rings. The summed E-state index contributed by atoms with van der Waals surface area (Å²) in [5, 5.41) is 11.2. The first kappa shape index (κ1) is 20.5. The first-order valence-electron chi connectivity index (χ1n) is 8.96. The van der Waals surface area contributed by atoms with Crippen LogP contribution in [0.25, 0.3) is 0 Å². The Hall–Kier alpha value is -1.81. The topological polar surface area (TPSA) is 81.0 Å². The van der Waals surface area contributed by atoms with Gasteiger partial charge in [-0.2, -0.15) is 0 Å². The monoisotopic (exact) mass is 363 g/mol. The Kier molecular flexibility index (Phi) is 7.70. The van der Waals surface area contributed by atoms with Crippen LogP contribution in [0, 0.1) is 17.3 Å². The van der Waals surface area contributed by atoms with Crippen LogP contribution in [0.1, 0.15) is 58.3 Å². The van der Waals surface area contributed by atoms with Crippen LogP contribution in [-0.2, 0) is 19.0 Å². The number of carbonyl (C=O) groups is 1. The van der Waals surface area contributed by atoms with Crippen molar-refractivity contribution in [2.75, 3.05) is 13.2 Å². The van der Waals surface area contributed by atoms with Crippen LogP contribution in [-0.4, -0.2) is 31.6 Å². The Morgan fingerprint density at radius 1 is 1.38 bits per heavy atom. The van der Waals surface area contributed by atoms with Crippen molar-refractivity contribution in [3.63, 3.8) is 0 Å². The van der Waals surface area contributed by atoms with Crippen LogP contribution in [0.4, 0.5) is 0 Å². The molecule has 3 atom stereocenters. The maximum absolute atomic E-state index is 11.2. The standard InChI is InChI=1S/C20H28O6/c1-20(2,3)18(19(21)22)25-13-6-4-9-16(15-10-8-14-23-15)26-17-11-5-7-12-24-17/h8,10,14,16-18H,5,7,9,11-13H2,1-3H3,(H,21,22)/p-1. The summed E-state index contributed by atoms with van der Waals surface area (Å²) in [4.78, 5) is 11.2. The van der Waals surface area contributed by atoms with Gasteiger partial charge in [-0.3, -0.25) is 0 Å². The molecule has 6 nitrogen and oxygen atoms in total.